The molecule has 0 aromatic rings. The van der Waals surface area contributed by atoms with Crippen LogP contribution >= 0.6 is 0 Å². The van der Waals surface area contributed by atoms with E-state index in [1.54, 1.807) is 0 Å². The number of carbonyl (C=O) groups is 3. The van der Waals surface area contributed by atoms with Crippen molar-refractivity contribution in [3.63, 3.8) is 0 Å². The third-order valence-corrected chi connectivity index (χ3v) is 11.5. The lowest BCUT2D eigenvalue weighted by Gasteiger charge is -2.25. The number of aliphatic carboxylic acids is 1. The van der Waals surface area contributed by atoms with Gasteiger partial charge in [0.25, 0.3) is 6.29 Å². The van der Waals surface area contributed by atoms with Crippen LogP contribution in [0.25, 0.3) is 0 Å². The van der Waals surface area contributed by atoms with Crippen molar-refractivity contribution in [3.05, 3.63) is 170 Å². The molecule has 0 aliphatic heterocycles. The van der Waals surface area contributed by atoms with Gasteiger partial charge < -0.3 is 28.5 Å². The van der Waals surface area contributed by atoms with Crippen molar-refractivity contribution in [2.45, 2.75) is 193 Å². The lowest BCUT2D eigenvalue weighted by atomic mass is 10.1. The van der Waals surface area contributed by atoms with E-state index in [0.29, 0.717) is 23.9 Å². The van der Waals surface area contributed by atoms with Gasteiger partial charge in [-0.1, -0.05) is 223 Å². The van der Waals surface area contributed by atoms with Gasteiger partial charge >= 0.3 is 17.9 Å². The van der Waals surface area contributed by atoms with Crippen molar-refractivity contribution in [2.24, 2.45) is 0 Å². The van der Waals surface area contributed by atoms with E-state index in [4.69, 9.17) is 18.9 Å². The Morgan fingerprint density at radius 1 is 0.390 bits per heavy atom. The minimum Gasteiger partial charge on any atom is -0.477 e. The highest BCUT2D eigenvalue weighted by Gasteiger charge is 2.25. The van der Waals surface area contributed by atoms with E-state index in [1.807, 2.05) is 33.3 Å². The fourth-order valence-electron chi connectivity index (χ4n) is 7.05. The second-order valence-corrected chi connectivity index (χ2v) is 19.8. The lowest BCUT2D eigenvalue weighted by Crippen LogP contribution is -2.40. The predicted octanol–water partition coefficient (Wildman–Crippen LogP) is 17.6. The van der Waals surface area contributed by atoms with Crippen molar-refractivity contribution in [2.75, 3.05) is 47.5 Å². The van der Waals surface area contributed by atoms with Crippen molar-refractivity contribution in [1.29, 1.82) is 0 Å². The van der Waals surface area contributed by atoms with Crippen LogP contribution in [-0.4, -0.2) is 87.4 Å². The summed E-state index contributed by atoms with van der Waals surface area (Å²) < 4.78 is 22.7. The summed E-state index contributed by atoms with van der Waals surface area (Å²) in [4.78, 5) is 37.4. The average Bonchev–Trinajstić information content (AvgIpc) is 3.40. The molecule has 0 saturated carbocycles. The van der Waals surface area contributed by atoms with Gasteiger partial charge in [0.2, 0.25) is 0 Å². The zero-order valence-electron chi connectivity index (χ0n) is 48.8. The molecule has 0 aromatic heterocycles. The summed E-state index contributed by atoms with van der Waals surface area (Å²) in [5.41, 5.74) is 0. The Labute approximate surface area is 469 Å². The first-order valence-electron chi connectivity index (χ1n) is 29.3. The van der Waals surface area contributed by atoms with Gasteiger partial charge in [0.05, 0.1) is 34.4 Å². The molecule has 0 heterocycles. The number of rotatable bonds is 51. The molecular formula is C68H106NO8+. The van der Waals surface area contributed by atoms with Crippen molar-refractivity contribution in [1.82, 2.24) is 0 Å². The fourth-order valence-corrected chi connectivity index (χ4v) is 7.05. The smallest absolute Gasteiger partial charge is 0.361 e. The molecule has 9 nitrogen and oxygen atoms in total. The third-order valence-electron chi connectivity index (χ3n) is 11.5. The van der Waals surface area contributed by atoms with Crippen LogP contribution in [0.5, 0.6) is 0 Å². The highest BCUT2D eigenvalue weighted by molar-refractivity contribution is 5.71. The molecule has 0 aromatic carbocycles. The van der Waals surface area contributed by atoms with Gasteiger partial charge in [0, 0.05) is 12.8 Å². The number of unbranched alkanes of at least 4 members (excludes halogenated alkanes) is 8. The Balaban J connectivity index is 4.37. The summed E-state index contributed by atoms with van der Waals surface area (Å²) in [6.07, 6.45) is 83.0. The summed E-state index contributed by atoms with van der Waals surface area (Å²) in [5.74, 6) is -2.15. The van der Waals surface area contributed by atoms with E-state index < -0.39 is 30.3 Å². The van der Waals surface area contributed by atoms with Gasteiger partial charge in [-0.3, -0.25) is 9.59 Å². The van der Waals surface area contributed by atoms with Crippen LogP contribution in [-0.2, 0) is 33.3 Å². The number of carboxylic acids is 1. The molecule has 9 heteroatoms. The number of quaternary nitrogens is 1. The van der Waals surface area contributed by atoms with Crippen LogP contribution in [0.3, 0.4) is 0 Å². The maximum absolute atomic E-state index is 12.9. The van der Waals surface area contributed by atoms with Crippen LogP contribution in [0.1, 0.15) is 181 Å². The van der Waals surface area contributed by atoms with Gasteiger partial charge in [-0.2, -0.15) is 0 Å². The molecule has 77 heavy (non-hydrogen) atoms. The van der Waals surface area contributed by atoms with Crippen molar-refractivity contribution >= 4 is 17.9 Å². The predicted molar refractivity (Wildman–Crippen MR) is 326 cm³/mol. The molecular weight excluding hydrogens is 959 g/mol. The number of carboxylic acid groups (broad SMARTS) is 1. The van der Waals surface area contributed by atoms with Gasteiger partial charge in [-0.25, -0.2) is 4.79 Å². The first-order valence-corrected chi connectivity index (χ1v) is 29.3. The third kappa shape index (κ3) is 58.2. The number of allylic oxidation sites excluding steroid dienone is 28. The number of likely N-dealkylation sites (N-methyl/N-ethyl adjacent to an activating group) is 1. The summed E-state index contributed by atoms with van der Waals surface area (Å²) in [7, 11) is 5.93. The molecule has 0 saturated heterocycles. The zero-order valence-corrected chi connectivity index (χ0v) is 48.8. The highest BCUT2D eigenvalue weighted by Crippen LogP contribution is 2.13. The van der Waals surface area contributed by atoms with E-state index in [-0.39, 0.29) is 32.7 Å². The lowest BCUT2D eigenvalue weighted by molar-refractivity contribution is -0.870. The second-order valence-electron chi connectivity index (χ2n) is 19.8. The number of nitrogens with zero attached hydrogens (tertiary/aromatic N) is 1. The fraction of sp³-hybridized carbons (Fsp3) is 0.544. The molecule has 0 spiro atoms. The Morgan fingerprint density at radius 2 is 0.727 bits per heavy atom. The molecule has 2 unspecified atom stereocenters. The molecule has 430 valence electrons. The first kappa shape index (κ1) is 71.7. The molecule has 0 aliphatic carbocycles. The van der Waals surface area contributed by atoms with E-state index in [2.05, 4.69) is 172 Å². The number of hydrogen-bond donors (Lipinski definition) is 1. The van der Waals surface area contributed by atoms with E-state index in [1.165, 1.54) is 25.7 Å². The largest absolute Gasteiger partial charge is 0.477 e. The van der Waals surface area contributed by atoms with Gasteiger partial charge in [-0.15, -0.1) is 0 Å². The molecule has 0 fully saturated rings. The Bertz CT molecular complexity index is 1860. The Hall–Kier alpha value is -5.35. The maximum atomic E-state index is 12.9. The molecule has 1 N–H and O–H groups in total. The van der Waals surface area contributed by atoms with Crippen LogP contribution in [0.2, 0.25) is 0 Å². The first-order chi connectivity index (χ1) is 37.6. The standard InChI is InChI=1S/C68H105NO8/c1-6-8-10-12-14-16-18-20-22-24-26-27-28-29-30-31-32-33-34-35-36-37-38-39-41-43-45-47-49-51-53-55-57-59-66(71)77-64(63-76-68(67(72)73)74-61-60-69(3,4)5)62-75-65(70)58-56-54-52-50-48-46-44-42-40-25-23-21-19-17-15-13-11-9-7-2/h8-11,14-17,20-23,26-27,29-30,32-33,35-36,38-40,42,46,48,52,54,64,68H,6-7,12-13,18-19,24-25,28,31,34,37,41,43-45,47,49-51,53,55-63H2,1-5H3/p+1/b10-8-,11-9-,16-14-,17-15-,22-20-,23-21-,27-26-,30-29-,33-32-,36-35-,39-38-,42-40-,48-46-,54-52-. The normalized spacial score (nSPS) is 14.0. The van der Waals surface area contributed by atoms with Gasteiger partial charge in [0.1, 0.15) is 13.2 Å². The SMILES string of the molecule is CC/C=C\C/C=C\C/C=C\C/C=C\C/C=C\C/C=C\C/C=C\C/C=C\CCCCCCCCCCC(=O)OC(COC(=O)CC/C=C\C/C=C\C/C=C\C/C=C\C/C=C\C/C=C\CC)COC(OCC[N+](C)(C)C)C(=O)O. The molecule has 0 radical (unpaired) electrons. The number of hydrogen-bond acceptors (Lipinski definition) is 7. The van der Waals surface area contributed by atoms with Crippen LogP contribution in [0.15, 0.2) is 170 Å². The molecule has 2 atom stereocenters. The van der Waals surface area contributed by atoms with Crippen molar-refractivity contribution in [3.8, 4) is 0 Å². The quantitative estimate of drug-likeness (QED) is 0.0211. The minimum atomic E-state index is -1.54. The number of ether oxygens (including phenoxy) is 4. The summed E-state index contributed by atoms with van der Waals surface area (Å²) in [6, 6.07) is 0. The second kappa shape index (κ2) is 56.8. The van der Waals surface area contributed by atoms with Gasteiger partial charge in [-0.05, 0) is 116 Å². The van der Waals surface area contributed by atoms with Gasteiger partial charge in [0.15, 0.2) is 6.10 Å². The molecule has 0 bridgehead atoms. The van der Waals surface area contributed by atoms with Crippen molar-refractivity contribution < 1.29 is 42.9 Å². The summed E-state index contributed by atoms with van der Waals surface area (Å²) in [5, 5.41) is 9.70. The van der Waals surface area contributed by atoms with E-state index in [0.717, 1.165) is 116 Å². The molecule has 0 rings (SSSR count). The number of carbonyl (C=O) groups excluding carboxylic acids is 2. The van der Waals surface area contributed by atoms with E-state index in [9.17, 15) is 19.5 Å². The minimum absolute atomic E-state index is 0.164. The maximum Gasteiger partial charge on any atom is 0.361 e. The number of esters is 2. The zero-order chi connectivity index (χ0) is 56.2. The highest BCUT2D eigenvalue weighted by atomic mass is 16.7. The van der Waals surface area contributed by atoms with Crippen LogP contribution in [0, 0.1) is 0 Å². The van der Waals surface area contributed by atoms with Crippen LogP contribution < -0.4 is 0 Å². The van der Waals surface area contributed by atoms with E-state index >= 15 is 0 Å². The Kier molecular flexibility index (Phi) is 52.9. The van der Waals surface area contributed by atoms with Crippen LogP contribution in [0.4, 0.5) is 0 Å². The topological polar surface area (TPSA) is 108 Å². The summed E-state index contributed by atoms with van der Waals surface area (Å²) in [6.45, 7) is 4.51. The monoisotopic (exact) mass is 1060 g/mol. The molecule has 0 aliphatic rings. The average molecular weight is 1070 g/mol. The molecule has 0 amide bonds. The Morgan fingerprint density at radius 3 is 1.09 bits per heavy atom. The summed E-state index contributed by atoms with van der Waals surface area (Å²) >= 11 is 0.